The number of imide groups is 1. The maximum atomic E-state index is 14.9. The van der Waals surface area contributed by atoms with Gasteiger partial charge in [-0.1, -0.05) is 25.3 Å². The van der Waals surface area contributed by atoms with Crippen LogP contribution in [0.2, 0.25) is 0 Å². The fourth-order valence-corrected chi connectivity index (χ4v) is 9.56. The van der Waals surface area contributed by atoms with E-state index in [1.807, 2.05) is 0 Å². The first-order valence-corrected chi connectivity index (χ1v) is 21.8. The second kappa shape index (κ2) is 19.4. The predicted octanol–water partition coefficient (Wildman–Crippen LogP) is 6.27. The summed E-state index contributed by atoms with van der Waals surface area (Å²) in [5.74, 6) is -0.355. The van der Waals surface area contributed by atoms with Crippen molar-refractivity contribution in [3.63, 3.8) is 0 Å². The monoisotopic (exact) mass is 817 g/mol. The number of amides is 3. The van der Waals surface area contributed by atoms with Gasteiger partial charge in [0.25, 0.3) is 17.4 Å². The van der Waals surface area contributed by atoms with Gasteiger partial charge >= 0.3 is 0 Å². The third-order valence-electron chi connectivity index (χ3n) is 11.7. The zero-order valence-corrected chi connectivity index (χ0v) is 33.6. The number of fused-ring (bicyclic) bond motifs is 2. The molecular formula is C43H52FN5O8S. The molecule has 1 saturated heterocycles. The second-order valence-electron chi connectivity index (χ2n) is 15.9. The Morgan fingerprint density at radius 1 is 0.948 bits per heavy atom. The molecule has 3 aromatic rings. The topological polar surface area (TPSA) is 177 Å². The standard InChI is InChI=1S/C43H52FN5O8S/c44-32-22-29(57-24-26-16-19-56-20-17-26)23-34-40(32)41(53)48-37(47-34)25-58-30-13-10-27(11-14-30)46-38(52)9-4-2-1-3-5-18-45-33-8-6-7-31-39(33)43(55)49(42(31)54)35-15-12-28(50)21-36(35)51/h6-8,22-23,26-27,30,35,45H,1-5,9-21,24-25H2,(H,46,52)(H,47,48,53). The number of rotatable bonds is 17. The van der Waals surface area contributed by atoms with Gasteiger partial charge in [-0.25, -0.2) is 9.37 Å². The molecule has 0 bridgehead atoms. The third kappa shape index (κ3) is 10.1. The van der Waals surface area contributed by atoms with E-state index in [-0.39, 0.29) is 59.3 Å². The van der Waals surface area contributed by atoms with Crippen LogP contribution < -0.4 is 20.9 Å². The lowest BCUT2D eigenvalue weighted by molar-refractivity contribution is -0.132. The number of Topliss-reactive ketones (excluding diaryl/α,β-unsaturated/α-hetero) is 2. The van der Waals surface area contributed by atoms with Crippen LogP contribution in [0.25, 0.3) is 10.9 Å². The van der Waals surface area contributed by atoms with Crippen LogP contribution in [0.3, 0.4) is 0 Å². The van der Waals surface area contributed by atoms with Gasteiger partial charge in [0.05, 0.1) is 41.5 Å². The molecule has 2 aromatic carbocycles. The van der Waals surface area contributed by atoms with E-state index in [1.54, 1.807) is 36.0 Å². The Hall–Kier alpha value is -4.63. The molecule has 310 valence electrons. The summed E-state index contributed by atoms with van der Waals surface area (Å²) in [6.07, 6.45) is 10.6. The van der Waals surface area contributed by atoms with E-state index in [2.05, 4.69) is 20.6 Å². The molecule has 3 amide bonds. The van der Waals surface area contributed by atoms with Crippen molar-refractivity contribution in [1.29, 1.82) is 0 Å². The quantitative estimate of drug-likeness (QED) is 0.0796. The van der Waals surface area contributed by atoms with Gasteiger partial charge in [-0.05, 0) is 75.8 Å². The number of benzene rings is 2. The van der Waals surface area contributed by atoms with E-state index in [0.29, 0.717) is 72.5 Å². The molecule has 0 radical (unpaired) electrons. The number of halogens is 1. The van der Waals surface area contributed by atoms with Crippen LogP contribution in [0.4, 0.5) is 10.1 Å². The molecule has 2 saturated carbocycles. The number of ketones is 2. The summed E-state index contributed by atoms with van der Waals surface area (Å²) in [6, 6.07) is 7.25. The maximum absolute atomic E-state index is 14.9. The van der Waals surface area contributed by atoms with Gasteiger partial charge in [0.2, 0.25) is 5.91 Å². The Morgan fingerprint density at radius 3 is 2.52 bits per heavy atom. The van der Waals surface area contributed by atoms with E-state index < -0.39 is 29.2 Å². The number of nitrogens with one attached hydrogen (secondary N) is 3. The first-order valence-electron chi connectivity index (χ1n) is 20.8. The SMILES string of the molecule is O=C1CCC(N2C(=O)c3cccc(NCCCCCCCC(=O)NC4CCC(SCc5nc6cc(OCC7CCOCC7)cc(F)c6c(=O)[nH]5)CC4)c3C2=O)C(=O)C1. The van der Waals surface area contributed by atoms with Crippen molar-refractivity contribution in [3.8, 4) is 5.75 Å². The summed E-state index contributed by atoms with van der Waals surface area (Å²) < 4.78 is 26.2. The molecule has 3 fully saturated rings. The molecule has 2 aliphatic heterocycles. The van der Waals surface area contributed by atoms with Crippen molar-refractivity contribution in [2.45, 2.75) is 119 Å². The number of aromatic amines is 1. The average molecular weight is 818 g/mol. The fraction of sp³-hybridized carbons (Fsp3) is 0.558. The number of carbonyl (C=O) groups is 5. The zero-order valence-electron chi connectivity index (χ0n) is 32.8. The van der Waals surface area contributed by atoms with Crippen molar-refractivity contribution in [2.24, 2.45) is 5.92 Å². The molecule has 58 heavy (non-hydrogen) atoms. The number of unbranched alkanes of at least 4 members (excludes halogenated alkanes) is 4. The highest BCUT2D eigenvalue weighted by Gasteiger charge is 2.45. The van der Waals surface area contributed by atoms with Crippen LogP contribution in [0.1, 0.15) is 123 Å². The largest absolute Gasteiger partial charge is 0.493 e. The molecule has 7 rings (SSSR count). The number of H-pyrrole nitrogens is 1. The average Bonchev–Trinajstić information content (AvgIpc) is 3.47. The van der Waals surface area contributed by atoms with Crippen molar-refractivity contribution >= 4 is 57.6 Å². The molecule has 1 atom stereocenters. The minimum Gasteiger partial charge on any atom is -0.493 e. The second-order valence-corrected chi connectivity index (χ2v) is 17.2. The molecule has 4 aliphatic rings. The fourth-order valence-electron chi connectivity index (χ4n) is 8.43. The van der Waals surface area contributed by atoms with Gasteiger partial charge in [0.15, 0.2) is 5.78 Å². The lowest BCUT2D eigenvalue weighted by atomic mass is 9.92. The smallest absolute Gasteiger partial charge is 0.264 e. The highest BCUT2D eigenvalue weighted by Crippen LogP contribution is 2.34. The molecular weight excluding hydrogens is 766 g/mol. The minimum atomic E-state index is -0.890. The molecule has 1 unspecified atom stereocenters. The predicted molar refractivity (Wildman–Crippen MR) is 218 cm³/mol. The molecule has 0 spiro atoms. The highest BCUT2D eigenvalue weighted by molar-refractivity contribution is 7.99. The maximum Gasteiger partial charge on any atom is 0.264 e. The van der Waals surface area contributed by atoms with Crippen LogP contribution in [0.15, 0.2) is 35.1 Å². The van der Waals surface area contributed by atoms with Gasteiger partial charge in [0, 0.05) is 61.7 Å². The Labute approximate surface area is 341 Å². The molecule has 3 heterocycles. The summed E-state index contributed by atoms with van der Waals surface area (Å²) in [6.45, 7) is 2.49. The number of aromatic nitrogens is 2. The van der Waals surface area contributed by atoms with Crippen LogP contribution >= 0.6 is 11.8 Å². The molecule has 13 nitrogen and oxygen atoms in total. The van der Waals surface area contributed by atoms with E-state index in [0.717, 1.165) is 75.5 Å². The van der Waals surface area contributed by atoms with Gasteiger partial charge in [-0.2, -0.15) is 11.8 Å². The third-order valence-corrected chi connectivity index (χ3v) is 13.1. The molecule has 2 aliphatic carbocycles. The zero-order chi connectivity index (χ0) is 40.6. The highest BCUT2D eigenvalue weighted by atomic mass is 32.2. The number of carbonyl (C=O) groups excluding carboxylic acids is 5. The summed E-state index contributed by atoms with van der Waals surface area (Å²) in [4.78, 5) is 84.4. The number of nitrogens with zero attached hydrogens (tertiary/aromatic N) is 2. The first-order chi connectivity index (χ1) is 28.1. The van der Waals surface area contributed by atoms with Gasteiger partial charge in [-0.15, -0.1) is 0 Å². The summed E-state index contributed by atoms with van der Waals surface area (Å²) in [7, 11) is 0. The van der Waals surface area contributed by atoms with E-state index in [9.17, 15) is 33.2 Å². The van der Waals surface area contributed by atoms with Crippen LogP contribution in [-0.2, 0) is 24.9 Å². The Balaban J connectivity index is 0.762. The van der Waals surface area contributed by atoms with E-state index in [1.165, 1.54) is 6.07 Å². The Morgan fingerprint density at radius 2 is 1.72 bits per heavy atom. The first kappa shape index (κ1) is 41.5. The van der Waals surface area contributed by atoms with Gasteiger partial charge in [0.1, 0.15) is 28.6 Å². The van der Waals surface area contributed by atoms with Crippen LogP contribution in [0.5, 0.6) is 5.75 Å². The van der Waals surface area contributed by atoms with Crippen molar-refractivity contribution in [1.82, 2.24) is 20.2 Å². The number of anilines is 1. The summed E-state index contributed by atoms with van der Waals surface area (Å²) in [5.41, 5.74) is 0.926. The normalized spacial score (nSPS) is 21.4. The molecule has 1 aromatic heterocycles. The number of ether oxygens (including phenoxy) is 2. The van der Waals surface area contributed by atoms with E-state index in [4.69, 9.17) is 9.47 Å². The Kier molecular flexibility index (Phi) is 13.9. The number of hydrogen-bond donors (Lipinski definition) is 3. The molecule has 15 heteroatoms. The lowest BCUT2D eigenvalue weighted by Crippen LogP contribution is -2.47. The number of thioether (sulfide) groups is 1. The van der Waals surface area contributed by atoms with Gasteiger partial charge in [-0.3, -0.25) is 33.7 Å². The van der Waals surface area contributed by atoms with Gasteiger partial charge < -0.3 is 25.1 Å². The van der Waals surface area contributed by atoms with Crippen LogP contribution in [-0.4, -0.2) is 87.9 Å². The van der Waals surface area contributed by atoms with Crippen molar-refractivity contribution in [2.75, 3.05) is 31.7 Å². The van der Waals surface area contributed by atoms with Crippen LogP contribution in [0, 0.1) is 11.7 Å². The van der Waals surface area contributed by atoms with Crippen molar-refractivity contribution in [3.05, 3.63) is 63.5 Å². The lowest BCUT2D eigenvalue weighted by Gasteiger charge is -2.28. The number of hydrogen-bond acceptors (Lipinski definition) is 11. The van der Waals surface area contributed by atoms with Crippen molar-refractivity contribution < 1.29 is 37.8 Å². The summed E-state index contributed by atoms with van der Waals surface area (Å²) in [5, 5.41) is 6.81. The summed E-state index contributed by atoms with van der Waals surface area (Å²) >= 11 is 1.72. The molecule has 3 N–H and O–H groups in total. The minimum absolute atomic E-state index is 0.0623. The Bertz CT molecular complexity index is 2080. The van der Waals surface area contributed by atoms with E-state index >= 15 is 0 Å².